The summed E-state index contributed by atoms with van der Waals surface area (Å²) in [5, 5.41) is 23.1. The van der Waals surface area contributed by atoms with E-state index in [9.17, 15) is 14.4 Å². The van der Waals surface area contributed by atoms with Gasteiger partial charge in [-0.2, -0.15) is 4.68 Å². The third-order valence-electron chi connectivity index (χ3n) is 6.26. The molecule has 0 aliphatic carbocycles. The average Bonchev–Trinajstić information content (AvgIpc) is 3.47. The van der Waals surface area contributed by atoms with E-state index in [0.29, 0.717) is 28.4 Å². The number of tetrazole rings is 1. The highest BCUT2D eigenvalue weighted by molar-refractivity contribution is 6.30. The largest absolute Gasteiger partial charge is 0.478 e. The molecule has 2 heterocycles. The lowest BCUT2D eigenvalue weighted by Crippen LogP contribution is -2.45. The van der Waals surface area contributed by atoms with Gasteiger partial charge in [0.05, 0.1) is 11.3 Å². The number of hydrogen-bond donors (Lipinski definition) is 2. The highest BCUT2D eigenvalue weighted by atomic mass is 35.5. The molecule has 5 rings (SSSR count). The van der Waals surface area contributed by atoms with Crippen LogP contribution in [0.2, 0.25) is 5.02 Å². The normalized spacial score (nSPS) is 15.0. The van der Waals surface area contributed by atoms with E-state index < -0.39 is 29.7 Å². The number of carbonyl (C=O) groups excluding carboxylic acids is 2. The van der Waals surface area contributed by atoms with Crippen molar-refractivity contribution in [2.75, 3.05) is 11.9 Å². The summed E-state index contributed by atoms with van der Waals surface area (Å²) >= 11 is 6.12. The molecule has 0 bridgehead atoms. The number of carboxylic acids is 1. The molecular formula is C27H20ClFN6O4. The minimum Gasteiger partial charge on any atom is -0.478 e. The lowest BCUT2D eigenvalue weighted by Gasteiger charge is -2.36. The van der Waals surface area contributed by atoms with Crippen LogP contribution in [0.25, 0.3) is 11.8 Å². The topological polar surface area (TPSA) is 130 Å². The number of fused-ring (bicyclic) bond motifs is 1. The van der Waals surface area contributed by atoms with Crippen LogP contribution < -0.4 is 5.32 Å². The Morgan fingerprint density at radius 1 is 1.08 bits per heavy atom. The molecule has 10 nitrogen and oxygen atoms in total. The molecular weight excluding hydrogens is 527 g/mol. The Kier molecular flexibility index (Phi) is 7.15. The summed E-state index contributed by atoms with van der Waals surface area (Å²) in [5.74, 6) is -3.75. The first kappa shape index (κ1) is 25.7. The van der Waals surface area contributed by atoms with Crippen LogP contribution in [-0.2, 0) is 16.0 Å². The zero-order chi connectivity index (χ0) is 27.5. The van der Waals surface area contributed by atoms with Crippen LogP contribution in [0.1, 0.15) is 33.1 Å². The Morgan fingerprint density at radius 2 is 1.85 bits per heavy atom. The van der Waals surface area contributed by atoms with E-state index in [1.165, 1.54) is 46.2 Å². The van der Waals surface area contributed by atoms with Gasteiger partial charge in [0.15, 0.2) is 5.83 Å². The number of rotatable bonds is 6. The van der Waals surface area contributed by atoms with E-state index in [4.69, 9.17) is 16.7 Å². The number of carbonyl (C=O) groups is 3. The van der Waals surface area contributed by atoms with Gasteiger partial charge in [0.1, 0.15) is 12.4 Å². The molecule has 0 saturated heterocycles. The van der Waals surface area contributed by atoms with Crippen LogP contribution in [0.3, 0.4) is 0 Å². The molecule has 1 aliphatic rings. The quantitative estimate of drug-likeness (QED) is 0.348. The Hall–Kier alpha value is -4.90. The van der Waals surface area contributed by atoms with Crippen molar-refractivity contribution >= 4 is 41.1 Å². The van der Waals surface area contributed by atoms with Crippen molar-refractivity contribution in [3.63, 3.8) is 0 Å². The maximum absolute atomic E-state index is 15.6. The van der Waals surface area contributed by atoms with Gasteiger partial charge in [-0.3, -0.25) is 9.59 Å². The standard InChI is InChI=1S/C27H20ClFN6O4/c28-19-7-10-23(35-15-30-32-33-35)18(13-19)14-22(29)26(37)34-12-11-16-3-1-2-4-21(16)24(34)25(36)31-20-8-5-17(6-9-20)27(38)39/h1-10,13-15,24H,11-12H2,(H,31,36)(H,38,39)/b22-14-/t24-/m0/s1. The fraction of sp³-hybridized carbons (Fsp3) is 0.111. The minimum absolute atomic E-state index is 0.0575. The molecule has 0 unspecified atom stereocenters. The van der Waals surface area contributed by atoms with E-state index in [2.05, 4.69) is 20.8 Å². The third kappa shape index (κ3) is 5.39. The second-order valence-electron chi connectivity index (χ2n) is 8.67. The maximum Gasteiger partial charge on any atom is 0.335 e. The van der Waals surface area contributed by atoms with E-state index in [-0.39, 0.29) is 17.7 Å². The lowest BCUT2D eigenvalue weighted by atomic mass is 9.91. The van der Waals surface area contributed by atoms with Gasteiger partial charge in [-0.25, -0.2) is 9.18 Å². The number of hydrogen-bond acceptors (Lipinski definition) is 6. The molecule has 1 aliphatic heterocycles. The summed E-state index contributed by atoms with van der Waals surface area (Å²) in [5.41, 5.74) is 2.49. The molecule has 2 N–H and O–H groups in total. The number of carboxylic acid groups (broad SMARTS) is 1. The SMILES string of the molecule is O=C(O)c1ccc(NC(=O)[C@@H]2c3ccccc3CCN2C(=O)/C(F)=C/c2cc(Cl)ccc2-n2cnnn2)cc1. The predicted molar refractivity (Wildman–Crippen MR) is 140 cm³/mol. The minimum atomic E-state index is -1.13. The smallest absolute Gasteiger partial charge is 0.335 e. The third-order valence-corrected chi connectivity index (χ3v) is 6.50. The Labute approximate surface area is 226 Å². The van der Waals surface area contributed by atoms with Gasteiger partial charge in [0.2, 0.25) is 0 Å². The van der Waals surface area contributed by atoms with Crippen LogP contribution in [0.15, 0.2) is 78.9 Å². The fourth-order valence-electron chi connectivity index (χ4n) is 4.43. The highest BCUT2D eigenvalue weighted by Crippen LogP contribution is 2.33. The van der Waals surface area contributed by atoms with Crippen LogP contribution in [0.5, 0.6) is 0 Å². The number of nitrogens with zero attached hydrogens (tertiary/aromatic N) is 5. The number of nitrogens with one attached hydrogen (secondary N) is 1. The molecule has 0 spiro atoms. The van der Waals surface area contributed by atoms with Crippen LogP contribution in [-0.4, -0.2) is 54.5 Å². The molecule has 3 aromatic carbocycles. The van der Waals surface area contributed by atoms with Crippen molar-refractivity contribution in [1.29, 1.82) is 0 Å². The van der Waals surface area contributed by atoms with Gasteiger partial charge in [0.25, 0.3) is 11.8 Å². The first-order valence-corrected chi connectivity index (χ1v) is 12.1. The van der Waals surface area contributed by atoms with Crippen molar-refractivity contribution in [3.05, 3.63) is 106 Å². The van der Waals surface area contributed by atoms with Crippen molar-refractivity contribution in [3.8, 4) is 5.69 Å². The summed E-state index contributed by atoms with van der Waals surface area (Å²) in [4.78, 5) is 39.3. The number of amides is 2. The number of aromatic nitrogens is 4. The van der Waals surface area contributed by atoms with E-state index in [1.54, 1.807) is 24.3 Å². The molecule has 1 atom stereocenters. The molecule has 196 valence electrons. The predicted octanol–water partition coefficient (Wildman–Crippen LogP) is 4.09. The van der Waals surface area contributed by atoms with Crippen LogP contribution in [0.4, 0.5) is 10.1 Å². The summed E-state index contributed by atoms with van der Waals surface area (Å²) < 4.78 is 16.9. The lowest BCUT2D eigenvalue weighted by molar-refractivity contribution is -0.137. The van der Waals surface area contributed by atoms with Crippen LogP contribution >= 0.6 is 11.6 Å². The molecule has 4 aromatic rings. The first-order chi connectivity index (χ1) is 18.8. The van der Waals surface area contributed by atoms with Gasteiger partial charge in [-0.1, -0.05) is 35.9 Å². The van der Waals surface area contributed by atoms with E-state index >= 15 is 4.39 Å². The Bertz CT molecular complexity index is 1590. The molecule has 12 heteroatoms. The number of anilines is 1. The van der Waals surface area contributed by atoms with Crippen molar-refractivity contribution < 1.29 is 23.9 Å². The monoisotopic (exact) mass is 546 g/mol. The molecule has 2 amide bonds. The van der Waals surface area contributed by atoms with E-state index in [1.807, 2.05) is 12.1 Å². The Balaban J connectivity index is 1.47. The van der Waals surface area contributed by atoms with Gasteiger partial charge in [0, 0.05) is 22.8 Å². The maximum atomic E-state index is 15.6. The molecule has 39 heavy (non-hydrogen) atoms. The summed E-state index contributed by atoms with van der Waals surface area (Å²) in [7, 11) is 0. The second kappa shape index (κ2) is 10.8. The van der Waals surface area contributed by atoms with Gasteiger partial charge in [-0.05, 0) is 76.5 Å². The zero-order valence-electron chi connectivity index (χ0n) is 20.2. The van der Waals surface area contributed by atoms with Gasteiger partial charge < -0.3 is 15.3 Å². The zero-order valence-corrected chi connectivity index (χ0v) is 20.9. The van der Waals surface area contributed by atoms with Gasteiger partial charge in [-0.15, -0.1) is 5.10 Å². The number of aromatic carboxylic acids is 1. The van der Waals surface area contributed by atoms with Crippen molar-refractivity contribution in [2.45, 2.75) is 12.5 Å². The number of halogens is 2. The summed E-state index contributed by atoms with van der Waals surface area (Å²) in [6, 6.07) is 16.3. The highest BCUT2D eigenvalue weighted by Gasteiger charge is 2.37. The van der Waals surface area contributed by atoms with Crippen LogP contribution in [0, 0.1) is 0 Å². The molecule has 1 aromatic heterocycles. The number of benzene rings is 3. The molecule has 0 fully saturated rings. The molecule has 0 saturated carbocycles. The van der Waals surface area contributed by atoms with Crippen molar-refractivity contribution in [1.82, 2.24) is 25.1 Å². The van der Waals surface area contributed by atoms with Gasteiger partial charge >= 0.3 is 5.97 Å². The second-order valence-corrected chi connectivity index (χ2v) is 9.11. The van der Waals surface area contributed by atoms with E-state index in [0.717, 1.165) is 11.6 Å². The fourth-order valence-corrected chi connectivity index (χ4v) is 4.61. The first-order valence-electron chi connectivity index (χ1n) is 11.7. The molecule has 0 radical (unpaired) electrons. The summed E-state index contributed by atoms with van der Waals surface area (Å²) in [6.45, 7) is 0.0997. The summed E-state index contributed by atoms with van der Waals surface area (Å²) in [6.07, 6.45) is 2.79. The van der Waals surface area contributed by atoms with Crippen molar-refractivity contribution in [2.24, 2.45) is 0 Å². The average molecular weight is 547 g/mol. The Morgan fingerprint density at radius 3 is 2.56 bits per heavy atom.